The molecule has 0 unspecified atom stereocenters. The van der Waals surface area contributed by atoms with Gasteiger partial charge in [-0.2, -0.15) is 0 Å². The first kappa shape index (κ1) is 12.3. The van der Waals surface area contributed by atoms with Crippen LogP contribution in [0.1, 0.15) is 27.7 Å². The Labute approximate surface area is 81.7 Å². The number of carbonyl (C=O) groups excluding carboxylic acids is 1. The molecule has 0 rings (SSSR count). The summed E-state index contributed by atoms with van der Waals surface area (Å²) in [7, 11) is 3.67. The van der Waals surface area contributed by atoms with Gasteiger partial charge in [-0.3, -0.25) is 0 Å². The van der Waals surface area contributed by atoms with Gasteiger partial charge in [0.2, 0.25) is 0 Å². The zero-order valence-corrected chi connectivity index (χ0v) is 9.72. The summed E-state index contributed by atoms with van der Waals surface area (Å²) in [6.07, 6.45) is 0. The van der Waals surface area contributed by atoms with E-state index in [1.54, 1.807) is 9.80 Å². The molecule has 0 heterocycles. The fraction of sp³-hybridized carbons (Fsp3) is 0.900. The van der Waals surface area contributed by atoms with Crippen molar-refractivity contribution in [2.75, 3.05) is 27.2 Å². The van der Waals surface area contributed by atoms with Crippen LogP contribution in [0.15, 0.2) is 0 Å². The Morgan fingerprint density at radius 2 is 1.62 bits per heavy atom. The lowest BCUT2D eigenvalue weighted by atomic mass is 9.96. The Bertz CT molecular complexity index is 172. The molecule has 0 atom stereocenters. The third-order valence-corrected chi connectivity index (χ3v) is 1.84. The molecule has 0 aromatic heterocycles. The molecule has 0 saturated carbocycles. The summed E-state index contributed by atoms with van der Waals surface area (Å²) < 4.78 is 0. The summed E-state index contributed by atoms with van der Waals surface area (Å²) in [5, 5.41) is 0. The second kappa shape index (κ2) is 4.49. The fourth-order valence-corrected chi connectivity index (χ4v) is 1.21. The smallest absolute Gasteiger partial charge is 0.319 e. The molecule has 0 N–H and O–H groups in total. The van der Waals surface area contributed by atoms with Crippen LogP contribution in [0, 0.1) is 5.41 Å². The molecule has 78 valence electrons. The molecule has 0 bridgehead atoms. The number of nitrogens with zero attached hydrogens (tertiary/aromatic N) is 2. The predicted octanol–water partition coefficient (Wildman–Crippen LogP) is 2.04. The highest BCUT2D eigenvalue weighted by atomic mass is 16.2. The number of carbonyl (C=O) groups is 1. The SMILES string of the molecule is CCN(C)C(=O)N(C)CC(C)(C)C. The maximum absolute atomic E-state index is 11.6. The molecule has 0 saturated heterocycles. The largest absolute Gasteiger partial charge is 0.328 e. The quantitative estimate of drug-likeness (QED) is 0.647. The van der Waals surface area contributed by atoms with Crippen molar-refractivity contribution in [1.29, 1.82) is 0 Å². The molecular formula is C10H22N2O. The maximum atomic E-state index is 11.6. The molecule has 0 aromatic carbocycles. The van der Waals surface area contributed by atoms with Crippen LogP contribution in [0.4, 0.5) is 4.79 Å². The lowest BCUT2D eigenvalue weighted by Crippen LogP contribution is -2.42. The van der Waals surface area contributed by atoms with Gasteiger partial charge in [-0.05, 0) is 12.3 Å². The van der Waals surface area contributed by atoms with E-state index in [-0.39, 0.29) is 11.4 Å². The van der Waals surface area contributed by atoms with Crippen molar-refractivity contribution in [2.45, 2.75) is 27.7 Å². The third kappa shape index (κ3) is 4.76. The van der Waals surface area contributed by atoms with Crippen LogP contribution in [0.5, 0.6) is 0 Å². The van der Waals surface area contributed by atoms with Crippen LogP contribution < -0.4 is 0 Å². The van der Waals surface area contributed by atoms with E-state index in [1.165, 1.54) is 0 Å². The van der Waals surface area contributed by atoms with Crippen LogP contribution in [-0.2, 0) is 0 Å². The van der Waals surface area contributed by atoms with E-state index in [4.69, 9.17) is 0 Å². The molecule has 0 spiro atoms. The van der Waals surface area contributed by atoms with Crippen molar-refractivity contribution in [2.24, 2.45) is 5.41 Å². The monoisotopic (exact) mass is 186 g/mol. The summed E-state index contributed by atoms with van der Waals surface area (Å²) in [5.74, 6) is 0. The summed E-state index contributed by atoms with van der Waals surface area (Å²) in [6.45, 7) is 9.90. The minimum Gasteiger partial charge on any atom is -0.328 e. The average Bonchev–Trinajstić information content (AvgIpc) is 1.98. The van der Waals surface area contributed by atoms with Gasteiger partial charge in [0.05, 0.1) is 0 Å². The van der Waals surface area contributed by atoms with Gasteiger partial charge in [-0.15, -0.1) is 0 Å². The predicted molar refractivity (Wildman–Crippen MR) is 55.8 cm³/mol. The van der Waals surface area contributed by atoms with Gasteiger partial charge in [-0.1, -0.05) is 20.8 Å². The Kier molecular flexibility index (Phi) is 4.24. The number of urea groups is 1. The van der Waals surface area contributed by atoms with Crippen LogP contribution in [0.3, 0.4) is 0 Å². The molecule has 0 aliphatic rings. The van der Waals surface area contributed by atoms with Gasteiger partial charge < -0.3 is 9.80 Å². The highest BCUT2D eigenvalue weighted by Gasteiger charge is 2.19. The third-order valence-electron chi connectivity index (χ3n) is 1.84. The number of rotatable bonds is 2. The van der Waals surface area contributed by atoms with Crippen LogP contribution in [0.25, 0.3) is 0 Å². The van der Waals surface area contributed by atoms with Gasteiger partial charge in [0.1, 0.15) is 0 Å². The van der Waals surface area contributed by atoms with Gasteiger partial charge >= 0.3 is 6.03 Å². The van der Waals surface area contributed by atoms with Crippen molar-refractivity contribution in [3.8, 4) is 0 Å². The van der Waals surface area contributed by atoms with E-state index in [2.05, 4.69) is 20.8 Å². The van der Waals surface area contributed by atoms with Crippen molar-refractivity contribution >= 4 is 6.03 Å². The molecule has 0 aliphatic heterocycles. The Hall–Kier alpha value is -0.730. The zero-order chi connectivity index (χ0) is 10.6. The van der Waals surface area contributed by atoms with Gasteiger partial charge in [0.25, 0.3) is 0 Å². The molecule has 0 aliphatic carbocycles. The number of amides is 2. The van der Waals surface area contributed by atoms with Crippen LogP contribution in [0.2, 0.25) is 0 Å². The summed E-state index contributed by atoms with van der Waals surface area (Å²) in [6, 6.07) is 0.0948. The zero-order valence-electron chi connectivity index (χ0n) is 9.72. The lowest BCUT2D eigenvalue weighted by Gasteiger charge is -2.29. The van der Waals surface area contributed by atoms with E-state index in [1.807, 2.05) is 21.0 Å². The molecule has 0 radical (unpaired) electrons. The normalized spacial score (nSPS) is 11.2. The molecule has 0 aromatic rings. The van der Waals surface area contributed by atoms with E-state index < -0.39 is 0 Å². The van der Waals surface area contributed by atoms with Crippen LogP contribution >= 0.6 is 0 Å². The van der Waals surface area contributed by atoms with Crippen molar-refractivity contribution in [3.63, 3.8) is 0 Å². The van der Waals surface area contributed by atoms with Crippen molar-refractivity contribution in [3.05, 3.63) is 0 Å². The van der Waals surface area contributed by atoms with E-state index in [0.29, 0.717) is 0 Å². The molecule has 3 nitrogen and oxygen atoms in total. The second-order valence-electron chi connectivity index (χ2n) is 4.71. The first-order valence-corrected chi connectivity index (χ1v) is 4.74. The lowest BCUT2D eigenvalue weighted by molar-refractivity contribution is 0.158. The highest BCUT2D eigenvalue weighted by Crippen LogP contribution is 2.14. The summed E-state index contributed by atoms with van der Waals surface area (Å²) >= 11 is 0. The summed E-state index contributed by atoms with van der Waals surface area (Å²) in [4.78, 5) is 15.1. The minimum atomic E-state index is 0.0948. The minimum absolute atomic E-state index is 0.0948. The molecule has 0 fully saturated rings. The van der Waals surface area contributed by atoms with Crippen LogP contribution in [-0.4, -0.2) is 43.0 Å². The Balaban J connectivity index is 4.12. The van der Waals surface area contributed by atoms with Crippen molar-refractivity contribution in [1.82, 2.24) is 9.80 Å². The maximum Gasteiger partial charge on any atom is 0.319 e. The second-order valence-corrected chi connectivity index (χ2v) is 4.71. The first-order chi connectivity index (χ1) is 5.78. The molecular weight excluding hydrogens is 164 g/mol. The Morgan fingerprint density at radius 1 is 1.15 bits per heavy atom. The molecule has 2 amide bonds. The Morgan fingerprint density at radius 3 is 1.92 bits per heavy atom. The first-order valence-electron chi connectivity index (χ1n) is 4.74. The summed E-state index contributed by atoms with van der Waals surface area (Å²) in [5.41, 5.74) is 0.166. The van der Waals surface area contributed by atoms with Gasteiger partial charge in [0.15, 0.2) is 0 Å². The average molecular weight is 186 g/mol. The standard InChI is InChI=1S/C10H22N2O/c1-7-11(5)9(13)12(6)8-10(2,3)4/h7-8H2,1-6H3. The highest BCUT2D eigenvalue weighted by molar-refractivity contribution is 5.73. The van der Waals surface area contributed by atoms with Gasteiger partial charge in [-0.25, -0.2) is 4.79 Å². The number of hydrogen-bond donors (Lipinski definition) is 0. The van der Waals surface area contributed by atoms with E-state index in [9.17, 15) is 4.79 Å². The number of hydrogen-bond acceptors (Lipinski definition) is 1. The van der Waals surface area contributed by atoms with Crippen molar-refractivity contribution < 1.29 is 4.79 Å². The van der Waals surface area contributed by atoms with Gasteiger partial charge in [0, 0.05) is 27.2 Å². The van der Waals surface area contributed by atoms with E-state index in [0.717, 1.165) is 13.1 Å². The fourth-order valence-electron chi connectivity index (χ4n) is 1.21. The molecule has 13 heavy (non-hydrogen) atoms. The van der Waals surface area contributed by atoms with E-state index >= 15 is 0 Å². The topological polar surface area (TPSA) is 23.6 Å². The molecule has 3 heteroatoms.